The quantitative estimate of drug-likeness (QED) is 0.637. The van der Waals surface area contributed by atoms with Crippen LogP contribution >= 0.6 is 0 Å². The van der Waals surface area contributed by atoms with E-state index in [1.54, 1.807) is 0 Å². The minimum atomic E-state index is -0.839. The molecular weight excluding hydrogens is 292 g/mol. The molecule has 0 atom stereocenters. The molecule has 0 spiro atoms. The molecule has 0 saturated carbocycles. The summed E-state index contributed by atoms with van der Waals surface area (Å²) in [6, 6.07) is 26.2. The van der Waals surface area contributed by atoms with Crippen molar-refractivity contribution in [2.75, 3.05) is 0 Å². The van der Waals surface area contributed by atoms with Crippen molar-refractivity contribution in [3.63, 3.8) is 0 Å². The zero-order valence-electron chi connectivity index (χ0n) is 12.9. The molecular formula is C22H17Si. The van der Waals surface area contributed by atoms with Crippen LogP contribution in [0.15, 0.2) is 85.1 Å². The molecule has 0 aromatic heterocycles. The van der Waals surface area contributed by atoms with Gasteiger partial charge in [-0.15, -0.1) is 0 Å². The zero-order valence-corrected chi connectivity index (χ0v) is 13.9. The number of fused-ring (bicyclic) bond motifs is 3. The number of hydrogen-bond acceptors (Lipinski definition) is 0. The maximum atomic E-state index is 3.81. The number of hydrogen-bond donors (Lipinski definition) is 0. The molecule has 1 heteroatoms. The zero-order chi connectivity index (χ0) is 15.6. The largest absolute Gasteiger partial charge is 0.148 e. The maximum absolute atomic E-state index is 3.81. The van der Waals surface area contributed by atoms with Crippen LogP contribution in [0.25, 0.3) is 23.3 Å². The molecule has 0 bridgehead atoms. The Bertz CT molecular complexity index is 842. The van der Waals surface area contributed by atoms with Crippen molar-refractivity contribution in [2.45, 2.75) is 0 Å². The molecule has 0 fully saturated rings. The highest BCUT2D eigenvalue weighted by atomic mass is 28.3. The van der Waals surface area contributed by atoms with E-state index < -0.39 is 8.80 Å². The fourth-order valence-electron chi connectivity index (χ4n) is 3.15. The van der Waals surface area contributed by atoms with Crippen LogP contribution in [0.5, 0.6) is 0 Å². The molecule has 0 unspecified atom stereocenters. The van der Waals surface area contributed by atoms with Crippen LogP contribution in [-0.4, -0.2) is 8.80 Å². The van der Waals surface area contributed by atoms with Crippen molar-refractivity contribution in [3.8, 4) is 11.1 Å². The fourth-order valence-corrected chi connectivity index (χ4v) is 5.73. The summed E-state index contributed by atoms with van der Waals surface area (Å²) in [5, 5.41) is 3.00. The second kappa shape index (κ2) is 5.86. The smallest absolute Gasteiger partial charge is 0.0985 e. The van der Waals surface area contributed by atoms with E-state index >= 15 is 0 Å². The van der Waals surface area contributed by atoms with E-state index in [-0.39, 0.29) is 0 Å². The molecule has 0 saturated heterocycles. The number of benzene rings is 3. The first kappa shape index (κ1) is 14.0. The van der Waals surface area contributed by atoms with Crippen LogP contribution < -0.4 is 10.4 Å². The van der Waals surface area contributed by atoms with Gasteiger partial charge in [-0.2, -0.15) is 0 Å². The van der Waals surface area contributed by atoms with Crippen molar-refractivity contribution in [1.82, 2.24) is 0 Å². The van der Waals surface area contributed by atoms with Crippen LogP contribution in [0, 0.1) is 0 Å². The van der Waals surface area contributed by atoms with Crippen LogP contribution in [0.1, 0.15) is 11.1 Å². The van der Waals surface area contributed by atoms with Crippen LogP contribution in [0.2, 0.25) is 0 Å². The van der Waals surface area contributed by atoms with Gasteiger partial charge in [0.25, 0.3) is 0 Å². The molecule has 3 aromatic carbocycles. The summed E-state index contributed by atoms with van der Waals surface area (Å²) in [6.07, 6.45) is 4.14. The van der Waals surface area contributed by atoms with Crippen LogP contribution in [0.3, 0.4) is 0 Å². The summed E-state index contributed by atoms with van der Waals surface area (Å²) in [5.41, 5.74) is 7.63. The predicted molar refractivity (Wildman–Crippen MR) is 102 cm³/mol. The molecule has 1 radical (unpaired) electrons. The second-order valence-corrected chi connectivity index (χ2v) is 7.95. The Kier molecular flexibility index (Phi) is 3.56. The van der Waals surface area contributed by atoms with Gasteiger partial charge in [0.1, 0.15) is 8.80 Å². The molecule has 109 valence electrons. The molecule has 0 N–H and O–H groups in total. The Hall–Kier alpha value is -2.64. The lowest BCUT2D eigenvalue weighted by atomic mass is 10.1. The van der Waals surface area contributed by atoms with Gasteiger partial charge < -0.3 is 0 Å². The lowest BCUT2D eigenvalue weighted by Gasteiger charge is -2.05. The molecule has 1 heterocycles. The van der Waals surface area contributed by atoms with Gasteiger partial charge in [0.15, 0.2) is 0 Å². The molecule has 4 rings (SSSR count). The Balaban J connectivity index is 1.73. The normalized spacial score (nSPS) is 13.0. The minimum Gasteiger partial charge on any atom is -0.0985 e. The highest BCUT2D eigenvalue weighted by Gasteiger charge is 2.27. The van der Waals surface area contributed by atoms with E-state index in [2.05, 4.69) is 91.2 Å². The first-order valence-corrected chi connectivity index (χ1v) is 9.41. The van der Waals surface area contributed by atoms with Gasteiger partial charge in [-0.05, 0) is 32.6 Å². The van der Waals surface area contributed by atoms with Crippen LogP contribution in [0.4, 0.5) is 0 Å². The Labute approximate surface area is 139 Å². The van der Waals surface area contributed by atoms with Gasteiger partial charge in [0.05, 0.1) is 0 Å². The van der Waals surface area contributed by atoms with Gasteiger partial charge in [-0.25, -0.2) is 0 Å². The van der Waals surface area contributed by atoms with Crippen molar-refractivity contribution in [3.05, 3.63) is 96.2 Å². The lowest BCUT2D eigenvalue weighted by Crippen LogP contribution is -2.35. The Morgan fingerprint density at radius 3 is 1.74 bits per heavy atom. The summed E-state index contributed by atoms with van der Waals surface area (Å²) in [7, 11) is -0.839. The molecule has 3 aromatic rings. The first-order chi connectivity index (χ1) is 11.4. The summed E-state index contributed by atoms with van der Waals surface area (Å²) in [4.78, 5) is 0. The first-order valence-electron chi connectivity index (χ1n) is 7.83. The predicted octanol–water partition coefficient (Wildman–Crippen LogP) is 4.17. The Morgan fingerprint density at radius 1 is 0.652 bits per heavy atom. The molecule has 0 aliphatic carbocycles. The summed E-state index contributed by atoms with van der Waals surface area (Å²) in [6.45, 7) is 3.81. The van der Waals surface area contributed by atoms with Crippen molar-refractivity contribution < 1.29 is 0 Å². The number of rotatable bonds is 3. The van der Waals surface area contributed by atoms with Gasteiger partial charge in [0.2, 0.25) is 0 Å². The topological polar surface area (TPSA) is 0 Å². The monoisotopic (exact) mass is 309 g/mol. The van der Waals surface area contributed by atoms with Gasteiger partial charge in [-0.3, -0.25) is 0 Å². The molecule has 0 amide bonds. The van der Waals surface area contributed by atoms with E-state index in [0.29, 0.717) is 0 Å². The average Bonchev–Trinajstić information content (AvgIpc) is 2.94. The van der Waals surface area contributed by atoms with E-state index in [0.717, 1.165) is 5.56 Å². The average molecular weight is 309 g/mol. The standard InChI is InChI=1S/C22H17Si/c1-2-17-11-13-18(14-12-17)15-16-23-21-9-5-3-7-19(21)20-8-4-6-10-22(20)23/h2-16H,1H2/b16-15+. The Morgan fingerprint density at radius 2 is 1.17 bits per heavy atom. The second-order valence-electron chi connectivity index (χ2n) is 5.71. The van der Waals surface area contributed by atoms with E-state index in [1.807, 2.05) is 6.08 Å². The summed E-state index contributed by atoms with van der Waals surface area (Å²) in [5.74, 6) is 0. The van der Waals surface area contributed by atoms with Gasteiger partial charge in [-0.1, -0.05) is 97.2 Å². The minimum absolute atomic E-state index is 0.839. The summed E-state index contributed by atoms with van der Waals surface area (Å²) < 4.78 is 0. The van der Waals surface area contributed by atoms with Crippen molar-refractivity contribution in [2.24, 2.45) is 0 Å². The molecule has 23 heavy (non-hydrogen) atoms. The van der Waals surface area contributed by atoms with Gasteiger partial charge in [0, 0.05) is 0 Å². The van der Waals surface area contributed by atoms with Crippen molar-refractivity contribution >= 4 is 31.3 Å². The van der Waals surface area contributed by atoms with Gasteiger partial charge >= 0.3 is 0 Å². The molecule has 1 aliphatic heterocycles. The molecule has 1 aliphatic rings. The SMILES string of the molecule is C=Cc1ccc(/C=C/[Si]2c3ccccc3-c3ccccc32)cc1. The van der Waals surface area contributed by atoms with E-state index in [9.17, 15) is 0 Å². The molecule has 0 nitrogen and oxygen atoms in total. The van der Waals surface area contributed by atoms with E-state index in [4.69, 9.17) is 0 Å². The van der Waals surface area contributed by atoms with Crippen molar-refractivity contribution in [1.29, 1.82) is 0 Å². The third-order valence-electron chi connectivity index (χ3n) is 4.34. The third kappa shape index (κ3) is 2.49. The lowest BCUT2D eigenvalue weighted by molar-refractivity contribution is 1.63. The fraction of sp³-hybridized carbons (Fsp3) is 0. The highest BCUT2D eigenvalue weighted by Crippen LogP contribution is 2.23. The third-order valence-corrected chi connectivity index (χ3v) is 6.87. The van der Waals surface area contributed by atoms with Crippen LogP contribution in [-0.2, 0) is 0 Å². The summed E-state index contributed by atoms with van der Waals surface area (Å²) >= 11 is 0. The maximum Gasteiger partial charge on any atom is 0.148 e. The highest BCUT2D eigenvalue weighted by molar-refractivity contribution is 6.93. The van der Waals surface area contributed by atoms with E-state index in [1.165, 1.54) is 27.1 Å².